The minimum absolute atomic E-state index is 1.15. The number of aryl methyl sites for hydroxylation is 4. The third-order valence-corrected chi connectivity index (χ3v) is 3.55. The van der Waals surface area contributed by atoms with E-state index in [9.17, 15) is 0 Å². The number of aromatic nitrogens is 2. The molecule has 6 nitrogen and oxygen atoms in total. The number of hydrogen-bond acceptors (Lipinski definition) is 4. The van der Waals surface area contributed by atoms with E-state index >= 15 is 0 Å². The molecule has 0 aliphatic heterocycles. The maximum absolute atomic E-state index is 8.52. The molecule has 152 valence electrons. The summed E-state index contributed by atoms with van der Waals surface area (Å²) in [6.45, 7) is 11.0. The second-order valence-corrected chi connectivity index (χ2v) is 7.17. The molecular formula is C20H32N2O4S. The monoisotopic (exact) mass is 396 g/mol. The molecule has 0 aliphatic carbocycles. The maximum Gasteiger partial charge on any atom is 0.171 e. The fourth-order valence-corrected chi connectivity index (χ4v) is 2.27. The molecule has 0 saturated heterocycles. The zero-order valence-electron chi connectivity index (χ0n) is 16.8. The van der Waals surface area contributed by atoms with Crippen LogP contribution in [0.25, 0.3) is 0 Å². The van der Waals surface area contributed by atoms with Crippen molar-refractivity contribution in [3.8, 4) is 0 Å². The predicted octanol–water partition coefficient (Wildman–Crippen LogP) is 2.83. The lowest BCUT2D eigenvalue weighted by molar-refractivity contribution is -0.697. The summed E-state index contributed by atoms with van der Waals surface area (Å²) in [5.74, 6) is 0. The van der Waals surface area contributed by atoms with Gasteiger partial charge in [-0.2, -0.15) is 0 Å². The van der Waals surface area contributed by atoms with Crippen LogP contribution in [0.5, 0.6) is 0 Å². The van der Waals surface area contributed by atoms with Crippen molar-refractivity contribution >= 4 is 10.4 Å². The van der Waals surface area contributed by atoms with Gasteiger partial charge in [0.2, 0.25) is 0 Å². The Balaban J connectivity index is 0.000000405. The van der Waals surface area contributed by atoms with Crippen molar-refractivity contribution in [1.29, 1.82) is 0 Å². The number of nitrogens with zero attached hydrogens (tertiary/aromatic N) is 2. The van der Waals surface area contributed by atoms with Gasteiger partial charge >= 0.3 is 0 Å². The van der Waals surface area contributed by atoms with Crippen LogP contribution in [0.1, 0.15) is 50.7 Å². The SMILES string of the molecule is CCCC[n+]1cccc(C)c1.CCCC[n+]1cccc(C)c1.O=S(=O)([O-])[O-]. The Labute approximate surface area is 164 Å². The van der Waals surface area contributed by atoms with Gasteiger partial charge in [0.1, 0.15) is 13.1 Å². The van der Waals surface area contributed by atoms with Crippen LogP contribution >= 0.6 is 0 Å². The number of hydrogen-bond donors (Lipinski definition) is 0. The third kappa shape index (κ3) is 17.3. The van der Waals surface area contributed by atoms with E-state index in [1.54, 1.807) is 0 Å². The molecule has 0 N–H and O–H groups in total. The first kappa shape index (κ1) is 25.2. The van der Waals surface area contributed by atoms with Gasteiger partial charge < -0.3 is 9.11 Å². The van der Waals surface area contributed by atoms with Crippen LogP contribution in [0, 0.1) is 13.8 Å². The van der Waals surface area contributed by atoms with E-state index in [2.05, 4.69) is 85.9 Å². The summed E-state index contributed by atoms with van der Waals surface area (Å²) >= 11 is 0. The summed E-state index contributed by atoms with van der Waals surface area (Å²) in [6.07, 6.45) is 13.7. The van der Waals surface area contributed by atoms with Crippen molar-refractivity contribution < 1.29 is 26.7 Å². The zero-order valence-corrected chi connectivity index (χ0v) is 17.6. The average Bonchev–Trinajstić information content (AvgIpc) is 2.57. The van der Waals surface area contributed by atoms with Crippen LogP contribution in [-0.4, -0.2) is 17.5 Å². The lowest BCUT2D eigenvalue weighted by atomic mass is 10.3. The lowest BCUT2D eigenvalue weighted by Crippen LogP contribution is -2.32. The molecule has 0 fully saturated rings. The fraction of sp³-hybridized carbons (Fsp3) is 0.500. The van der Waals surface area contributed by atoms with Gasteiger partial charge in [0.05, 0.1) is 0 Å². The largest absolute Gasteiger partial charge is 0.759 e. The highest BCUT2D eigenvalue weighted by molar-refractivity contribution is 7.79. The molecule has 0 radical (unpaired) electrons. The van der Waals surface area contributed by atoms with E-state index in [0.29, 0.717) is 0 Å². The van der Waals surface area contributed by atoms with Gasteiger partial charge in [0.25, 0.3) is 0 Å². The van der Waals surface area contributed by atoms with Crippen LogP contribution < -0.4 is 9.13 Å². The average molecular weight is 397 g/mol. The summed E-state index contributed by atoms with van der Waals surface area (Å²) < 4.78 is 38.6. The lowest BCUT2D eigenvalue weighted by Gasteiger charge is -2.06. The molecular weight excluding hydrogens is 364 g/mol. The van der Waals surface area contributed by atoms with Crippen molar-refractivity contribution in [2.45, 2.75) is 66.5 Å². The Bertz CT molecular complexity index is 692. The van der Waals surface area contributed by atoms with E-state index in [1.807, 2.05) is 0 Å². The van der Waals surface area contributed by atoms with Crippen molar-refractivity contribution in [3.05, 3.63) is 60.2 Å². The molecule has 0 unspecified atom stereocenters. The van der Waals surface area contributed by atoms with Crippen molar-refractivity contribution in [3.63, 3.8) is 0 Å². The van der Waals surface area contributed by atoms with Crippen LogP contribution in [0.4, 0.5) is 0 Å². The molecule has 0 aromatic carbocycles. The summed E-state index contributed by atoms with van der Waals surface area (Å²) in [6, 6.07) is 8.46. The predicted molar refractivity (Wildman–Crippen MR) is 103 cm³/mol. The van der Waals surface area contributed by atoms with Crippen LogP contribution in [-0.2, 0) is 23.5 Å². The van der Waals surface area contributed by atoms with Crippen LogP contribution in [0.15, 0.2) is 49.1 Å². The fourth-order valence-electron chi connectivity index (χ4n) is 2.27. The molecule has 2 aromatic heterocycles. The second kappa shape index (κ2) is 14.3. The standard InChI is InChI=1S/2C10H16N.H2O4S/c2*1-3-4-7-11-8-5-6-10(2)9-11;1-5(2,3)4/h2*5-6,8-9H,3-4,7H2,1-2H3;(H2,1,2,3,4)/q2*+1;/p-2. The first-order valence-electron chi connectivity index (χ1n) is 9.23. The molecule has 2 rings (SSSR count). The van der Waals surface area contributed by atoms with E-state index in [0.717, 1.165) is 13.1 Å². The zero-order chi connectivity index (χ0) is 20.7. The minimum atomic E-state index is -5.17. The van der Waals surface area contributed by atoms with Crippen LogP contribution in [0.3, 0.4) is 0 Å². The number of rotatable bonds is 6. The summed E-state index contributed by atoms with van der Waals surface area (Å²) in [5, 5.41) is 0. The molecule has 2 aromatic rings. The van der Waals surface area contributed by atoms with Crippen molar-refractivity contribution in [2.24, 2.45) is 0 Å². The molecule has 0 spiro atoms. The highest BCUT2D eigenvalue weighted by Gasteiger charge is 1.98. The quantitative estimate of drug-likeness (QED) is 0.427. The molecule has 0 amide bonds. The molecule has 0 atom stereocenters. The van der Waals surface area contributed by atoms with Gasteiger partial charge in [-0.05, 0) is 26.0 Å². The van der Waals surface area contributed by atoms with Gasteiger partial charge in [-0.3, -0.25) is 8.42 Å². The van der Waals surface area contributed by atoms with Gasteiger partial charge in [0.15, 0.2) is 24.8 Å². The normalized spacial score (nSPS) is 10.3. The highest BCUT2D eigenvalue weighted by atomic mass is 32.3. The highest BCUT2D eigenvalue weighted by Crippen LogP contribution is 1.92. The third-order valence-electron chi connectivity index (χ3n) is 3.55. The number of unbranched alkanes of at least 4 members (excludes halogenated alkanes) is 2. The second-order valence-electron chi connectivity index (χ2n) is 6.35. The van der Waals surface area contributed by atoms with Gasteiger partial charge in [-0.1, -0.05) is 26.7 Å². The molecule has 0 saturated carbocycles. The summed E-state index contributed by atoms with van der Waals surface area (Å²) in [7, 11) is -5.17. The smallest absolute Gasteiger partial charge is 0.171 e. The Morgan fingerprint density at radius 1 is 0.815 bits per heavy atom. The molecule has 2 heterocycles. The van der Waals surface area contributed by atoms with E-state index in [4.69, 9.17) is 17.5 Å². The van der Waals surface area contributed by atoms with Crippen molar-refractivity contribution in [1.82, 2.24) is 0 Å². The van der Waals surface area contributed by atoms with E-state index < -0.39 is 10.4 Å². The molecule has 7 heteroatoms. The Kier molecular flexibility index (Phi) is 13.3. The van der Waals surface area contributed by atoms with E-state index in [1.165, 1.54) is 36.8 Å². The minimum Gasteiger partial charge on any atom is -0.759 e. The Morgan fingerprint density at radius 3 is 1.41 bits per heavy atom. The summed E-state index contributed by atoms with van der Waals surface area (Å²) in [5.41, 5.74) is 2.67. The maximum atomic E-state index is 8.52. The summed E-state index contributed by atoms with van der Waals surface area (Å²) in [4.78, 5) is 0. The van der Waals surface area contributed by atoms with Gasteiger partial charge in [-0.15, -0.1) is 0 Å². The first-order valence-corrected chi connectivity index (χ1v) is 10.6. The van der Waals surface area contributed by atoms with Crippen LogP contribution in [0.2, 0.25) is 0 Å². The molecule has 0 aliphatic rings. The van der Waals surface area contributed by atoms with Crippen molar-refractivity contribution in [2.75, 3.05) is 0 Å². The molecule has 0 bridgehead atoms. The topological polar surface area (TPSA) is 88.0 Å². The molecule has 27 heavy (non-hydrogen) atoms. The van der Waals surface area contributed by atoms with Gasteiger partial charge in [-0.25, -0.2) is 9.13 Å². The van der Waals surface area contributed by atoms with Gasteiger partial charge in [0, 0.05) is 46.5 Å². The Morgan fingerprint density at radius 2 is 1.15 bits per heavy atom. The number of pyridine rings is 2. The Hall–Kier alpha value is -1.83. The first-order chi connectivity index (χ1) is 12.7. The van der Waals surface area contributed by atoms with E-state index in [-0.39, 0.29) is 0 Å².